The second kappa shape index (κ2) is 5.99. The number of nitrogens with one attached hydrogen (secondary N) is 2. The first-order valence-electron chi connectivity index (χ1n) is 7.49. The highest BCUT2D eigenvalue weighted by Crippen LogP contribution is 2.31. The maximum Gasteiger partial charge on any atom is 0.0479 e. The molecule has 0 radical (unpaired) electrons. The van der Waals surface area contributed by atoms with E-state index in [1.54, 1.807) is 11.9 Å². The number of nitrogens with zero attached hydrogens (tertiary/aromatic N) is 1. The molecule has 2 N–H and O–H groups in total. The number of hydrogen-bond acceptors (Lipinski definition) is 4. The van der Waals surface area contributed by atoms with Gasteiger partial charge in [0.15, 0.2) is 0 Å². The van der Waals surface area contributed by atoms with Gasteiger partial charge in [-0.15, -0.1) is 0 Å². The summed E-state index contributed by atoms with van der Waals surface area (Å²) in [5.41, 5.74) is 4.07. The molecular weight excluding hydrogens is 290 g/mol. The van der Waals surface area contributed by atoms with Crippen LogP contribution in [0.1, 0.15) is 11.1 Å². The Morgan fingerprint density at radius 2 is 2.05 bits per heavy atom. The first kappa shape index (κ1) is 13.6. The quantitative estimate of drug-likeness (QED) is 0.717. The van der Waals surface area contributed by atoms with Gasteiger partial charge in [0, 0.05) is 40.3 Å². The van der Waals surface area contributed by atoms with Gasteiger partial charge >= 0.3 is 0 Å². The second-order valence-corrected chi connectivity index (χ2v) is 6.28. The average molecular weight is 307 g/mol. The number of hydrogen-bond donors (Lipinski definition) is 2. The van der Waals surface area contributed by atoms with Gasteiger partial charge in [0.1, 0.15) is 0 Å². The van der Waals surface area contributed by atoms with Crippen LogP contribution in [0.3, 0.4) is 0 Å². The summed E-state index contributed by atoms with van der Waals surface area (Å²) in [6.07, 6.45) is 4.84. The Labute approximate surface area is 134 Å². The zero-order valence-corrected chi connectivity index (χ0v) is 13.0. The minimum absolute atomic E-state index is 0.968. The second-order valence-electron chi connectivity index (χ2n) is 5.43. The summed E-state index contributed by atoms with van der Waals surface area (Å²) in [4.78, 5) is 5.42. The van der Waals surface area contributed by atoms with Crippen molar-refractivity contribution in [3.05, 3.63) is 66.0 Å². The lowest BCUT2D eigenvalue weighted by Crippen LogP contribution is -2.24. The van der Waals surface area contributed by atoms with Crippen LogP contribution in [-0.2, 0) is 13.0 Å². The van der Waals surface area contributed by atoms with Crippen molar-refractivity contribution in [3.63, 3.8) is 0 Å². The molecule has 0 bridgehead atoms. The van der Waals surface area contributed by atoms with Gasteiger partial charge in [-0.1, -0.05) is 24.3 Å². The molecule has 0 unspecified atom stereocenters. The molecule has 4 rings (SSSR count). The van der Waals surface area contributed by atoms with E-state index in [4.69, 9.17) is 0 Å². The van der Waals surface area contributed by atoms with Crippen LogP contribution in [0, 0.1) is 0 Å². The standard InChI is InChI=1S/C18H17N3S/c1-3-13-11-19-9-7-15(13)17(5-1)21-22-18-6-2-4-14-12-20-10-8-16(14)18/h1-6,8,10,12,19,21H,7,9,11H2. The van der Waals surface area contributed by atoms with Crippen LogP contribution in [-0.4, -0.2) is 11.5 Å². The summed E-state index contributed by atoms with van der Waals surface area (Å²) >= 11 is 1.68. The van der Waals surface area contributed by atoms with E-state index in [9.17, 15) is 0 Å². The third-order valence-electron chi connectivity index (χ3n) is 4.05. The normalized spacial score (nSPS) is 13.8. The van der Waals surface area contributed by atoms with Crippen molar-refractivity contribution in [1.82, 2.24) is 10.3 Å². The van der Waals surface area contributed by atoms with Crippen LogP contribution in [0.25, 0.3) is 10.8 Å². The van der Waals surface area contributed by atoms with Crippen LogP contribution < -0.4 is 10.0 Å². The molecule has 1 aliphatic heterocycles. The molecule has 1 aliphatic rings. The molecule has 0 atom stereocenters. The van der Waals surface area contributed by atoms with Crippen LogP contribution in [0.5, 0.6) is 0 Å². The molecule has 4 heteroatoms. The minimum Gasteiger partial charge on any atom is -0.325 e. The van der Waals surface area contributed by atoms with Crippen LogP contribution in [0.2, 0.25) is 0 Å². The van der Waals surface area contributed by atoms with E-state index in [0.717, 1.165) is 19.5 Å². The Balaban J connectivity index is 1.62. The van der Waals surface area contributed by atoms with Gasteiger partial charge in [-0.2, -0.15) is 0 Å². The maximum atomic E-state index is 4.19. The summed E-state index contributed by atoms with van der Waals surface area (Å²) in [7, 11) is 0. The monoisotopic (exact) mass is 307 g/mol. The predicted octanol–water partition coefficient (Wildman–Crippen LogP) is 4.00. The predicted molar refractivity (Wildman–Crippen MR) is 93.1 cm³/mol. The van der Waals surface area contributed by atoms with Crippen LogP contribution >= 0.6 is 11.9 Å². The van der Waals surface area contributed by atoms with E-state index in [-0.39, 0.29) is 0 Å². The Morgan fingerprint density at radius 3 is 3.05 bits per heavy atom. The van der Waals surface area contributed by atoms with Gasteiger partial charge in [-0.3, -0.25) is 4.98 Å². The summed E-state index contributed by atoms with van der Waals surface area (Å²) in [6, 6.07) is 14.9. The van der Waals surface area contributed by atoms with Crippen molar-refractivity contribution in [1.29, 1.82) is 0 Å². The molecule has 110 valence electrons. The van der Waals surface area contributed by atoms with Crippen molar-refractivity contribution >= 4 is 28.4 Å². The van der Waals surface area contributed by atoms with Crippen molar-refractivity contribution in [2.75, 3.05) is 11.3 Å². The highest BCUT2D eigenvalue weighted by molar-refractivity contribution is 8.00. The maximum absolute atomic E-state index is 4.19. The molecule has 1 aromatic heterocycles. The molecule has 2 aromatic carbocycles. The van der Waals surface area contributed by atoms with Crippen molar-refractivity contribution in [2.45, 2.75) is 17.9 Å². The van der Waals surface area contributed by atoms with E-state index in [1.807, 2.05) is 12.4 Å². The van der Waals surface area contributed by atoms with E-state index < -0.39 is 0 Å². The van der Waals surface area contributed by atoms with Gasteiger partial charge in [-0.25, -0.2) is 0 Å². The molecule has 3 aromatic rings. The molecule has 0 spiro atoms. The number of benzene rings is 2. The zero-order valence-electron chi connectivity index (χ0n) is 12.2. The first-order valence-corrected chi connectivity index (χ1v) is 8.30. The van der Waals surface area contributed by atoms with Crippen molar-refractivity contribution in [3.8, 4) is 0 Å². The van der Waals surface area contributed by atoms with Gasteiger partial charge < -0.3 is 10.0 Å². The molecule has 0 aliphatic carbocycles. The summed E-state index contributed by atoms with van der Waals surface area (Å²) in [5, 5.41) is 5.84. The fourth-order valence-corrected chi connectivity index (χ4v) is 3.77. The lowest BCUT2D eigenvalue weighted by Gasteiger charge is -2.20. The van der Waals surface area contributed by atoms with Crippen LogP contribution in [0.4, 0.5) is 5.69 Å². The van der Waals surface area contributed by atoms with Gasteiger partial charge in [0.2, 0.25) is 0 Å². The Hall–Kier alpha value is -2.04. The Kier molecular flexibility index (Phi) is 3.70. The SMILES string of the molecule is c1cc2c(c(NSc3cccc4cnccc34)c1)CCNC2. The summed E-state index contributed by atoms with van der Waals surface area (Å²) in [6.45, 7) is 2.02. The number of fused-ring (bicyclic) bond motifs is 2. The van der Waals surface area contributed by atoms with Crippen LogP contribution in [0.15, 0.2) is 59.8 Å². The summed E-state index contributed by atoms with van der Waals surface area (Å²) < 4.78 is 3.55. The molecule has 0 saturated heterocycles. The number of aromatic nitrogens is 1. The average Bonchev–Trinajstić information content (AvgIpc) is 2.60. The van der Waals surface area contributed by atoms with E-state index >= 15 is 0 Å². The van der Waals surface area contributed by atoms with Gasteiger partial charge in [-0.05, 0) is 54.2 Å². The summed E-state index contributed by atoms with van der Waals surface area (Å²) in [5.74, 6) is 0. The van der Waals surface area contributed by atoms with Crippen molar-refractivity contribution in [2.24, 2.45) is 0 Å². The number of anilines is 1. The smallest absolute Gasteiger partial charge is 0.0479 e. The molecule has 2 heterocycles. The number of rotatable bonds is 3. The molecule has 0 fully saturated rings. The number of pyridine rings is 1. The fraction of sp³-hybridized carbons (Fsp3) is 0.167. The van der Waals surface area contributed by atoms with E-state index in [2.05, 4.69) is 57.5 Å². The molecule has 0 saturated carbocycles. The fourth-order valence-electron chi connectivity index (χ4n) is 2.92. The van der Waals surface area contributed by atoms with E-state index in [0.29, 0.717) is 0 Å². The third-order valence-corrected chi connectivity index (χ3v) is 4.95. The molecule has 0 amide bonds. The zero-order chi connectivity index (χ0) is 14.8. The minimum atomic E-state index is 0.968. The largest absolute Gasteiger partial charge is 0.325 e. The molecule has 22 heavy (non-hydrogen) atoms. The Bertz CT molecular complexity index is 811. The first-order chi connectivity index (χ1) is 10.9. The lowest BCUT2D eigenvalue weighted by atomic mass is 9.99. The van der Waals surface area contributed by atoms with Crippen molar-refractivity contribution < 1.29 is 0 Å². The molecular formula is C18H17N3S. The van der Waals surface area contributed by atoms with Gasteiger partial charge in [0.25, 0.3) is 0 Å². The highest BCUT2D eigenvalue weighted by atomic mass is 32.2. The van der Waals surface area contributed by atoms with Gasteiger partial charge in [0.05, 0.1) is 0 Å². The lowest BCUT2D eigenvalue weighted by molar-refractivity contribution is 0.645. The highest BCUT2D eigenvalue weighted by Gasteiger charge is 2.12. The molecule has 3 nitrogen and oxygen atoms in total. The topological polar surface area (TPSA) is 37.0 Å². The Morgan fingerprint density at radius 1 is 1.09 bits per heavy atom. The van der Waals surface area contributed by atoms with E-state index in [1.165, 1.54) is 32.5 Å². The third kappa shape index (κ3) is 2.56.